The first-order chi connectivity index (χ1) is 13.3. The number of ether oxygens (including phenoxy) is 1. The van der Waals surface area contributed by atoms with Gasteiger partial charge in [0, 0.05) is 6.42 Å². The summed E-state index contributed by atoms with van der Waals surface area (Å²) in [5.74, 6) is 4.59. The number of cyclic esters (lactones) is 1. The molecule has 0 radical (unpaired) electrons. The molecule has 1 heterocycles. The first-order valence-electron chi connectivity index (χ1n) is 12.2. The summed E-state index contributed by atoms with van der Waals surface area (Å²) in [5, 5.41) is 0. The van der Waals surface area contributed by atoms with E-state index in [4.69, 9.17) is 4.74 Å². The molecule has 1 saturated heterocycles. The summed E-state index contributed by atoms with van der Waals surface area (Å²) >= 11 is 0. The smallest absolute Gasteiger partial charge is 0.305 e. The summed E-state index contributed by atoms with van der Waals surface area (Å²) in [5.41, 5.74) is 1.91. The Hall–Kier alpha value is -0.790. The van der Waals surface area contributed by atoms with E-state index in [1.807, 2.05) is 0 Å². The first-order valence-corrected chi connectivity index (χ1v) is 12.2. The number of hydrogen-bond donors (Lipinski definition) is 0. The molecule has 28 heavy (non-hydrogen) atoms. The van der Waals surface area contributed by atoms with Gasteiger partial charge in [0.25, 0.3) is 0 Å². The number of carbonyl (C=O) groups excluding carboxylic acids is 1. The standard InChI is InChI=1S/C26H44O2/c1-18(2)8-6-9-20(4)23-12-13-24-22-11-14-25(27)28-17-7-10-19(3)21(22)15-16-26(23,24)5/h18,20-24H,3,6-17H2,1-2,4-5H3/t20-,21-,22-,23-,24+,26-/m1/s1. The van der Waals surface area contributed by atoms with Crippen LogP contribution in [0.15, 0.2) is 12.2 Å². The molecule has 2 aliphatic carbocycles. The van der Waals surface area contributed by atoms with Crippen LogP contribution in [0.2, 0.25) is 0 Å². The third-order valence-electron chi connectivity index (χ3n) is 8.75. The van der Waals surface area contributed by atoms with E-state index in [0.717, 1.165) is 42.9 Å². The van der Waals surface area contributed by atoms with Gasteiger partial charge >= 0.3 is 5.97 Å². The van der Waals surface area contributed by atoms with Crippen LogP contribution in [0.4, 0.5) is 0 Å². The number of allylic oxidation sites excluding steroid dienone is 1. The molecule has 0 spiro atoms. The van der Waals surface area contributed by atoms with E-state index in [-0.39, 0.29) is 5.97 Å². The van der Waals surface area contributed by atoms with Crippen molar-refractivity contribution in [1.29, 1.82) is 0 Å². The van der Waals surface area contributed by atoms with Crippen LogP contribution in [0.1, 0.15) is 98.3 Å². The highest BCUT2D eigenvalue weighted by atomic mass is 16.5. The molecule has 0 unspecified atom stereocenters. The van der Waals surface area contributed by atoms with Gasteiger partial charge in [-0.3, -0.25) is 4.79 Å². The van der Waals surface area contributed by atoms with Gasteiger partial charge in [0.05, 0.1) is 6.61 Å². The fourth-order valence-electron chi connectivity index (χ4n) is 7.25. The Bertz CT molecular complexity index is 551. The molecular formula is C26H44O2. The van der Waals surface area contributed by atoms with Crippen molar-refractivity contribution in [3.05, 3.63) is 12.2 Å². The van der Waals surface area contributed by atoms with Crippen molar-refractivity contribution in [2.45, 2.75) is 98.3 Å². The Morgan fingerprint density at radius 2 is 1.89 bits per heavy atom. The lowest BCUT2D eigenvalue weighted by Gasteiger charge is -2.51. The zero-order valence-corrected chi connectivity index (χ0v) is 19.0. The Kier molecular flexibility index (Phi) is 7.32. The van der Waals surface area contributed by atoms with Crippen LogP contribution < -0.4 is 0 Å². The van der Waals surface area contributed by atoms with Crippen molar-refractivity contribution in [2.24, 2.45) is 40.9 Å². The summed E-state index contributed by atoms with van der Waals surface area (Å²) < 4.78 is 5.43. The molecule has 160 valence electrons. The summed E-state index contributed by atoms with van der Waals surface area (Å²) in [6.07, 6.45) is 13.1. The normalized spacial score (nSPS) is 37.9. The van der Waals surface area contributed by atoms with Gasteiger partial charge in [0.15, 0.2) is 0 Å². The number of fused-ring (bicyclic) bond motifs is 3. The minimum absolute atomic E-state index is 0.0233. The second kappa shape index (κ2) is 9.35. The lowest BCUT2D eigenvalue weighted by molar-refractivity contribution is -0.144. The minimum Gasteiger partial charge on any atom is -0.466 e. The molecule has 0 aromatic rings. The molecule has 0 bridgehead atoms. The molecule has 2 nitrogen and oxygen atoms in total. The van der Waals surface area contributed by atoms with E-state index < -0.39 is 0 Å². The van der Waals surface area contributed by atoms with E-state index in [9.17, 15) is 4.79 Å². The lowest BCUT2D eigenvalue weighted by Crippen LogP contribution is -2.43. The van der Waals surface area contributed by atoms with Crippen molar-refractivity contribution in [2.75, 3.05) is 6.61 Å². The van der Waals surface area contributed by atoms with Crippen LogP contribution in [0.25, 0.3) is 0 Å². The maximum absolute atomic E-state index is 12.1. The van der Waals surface area contributed by atoms with Gasteiger partial charge in [0.1, 0.15) is 0 Å². The molecule has 3 fully saturated rings. The third kappa shape index (κ3) is 4.68. The van der Waals surface area contributed by atoms with Crippen LogP contribution in [0, 0.1) is 40.9 Å². The number of carbonyl (C=O) groups is 1. The number of esters is 1. The number of rotatable bonds is 5. The summed E-state index contributed by atoms with van der Waals surface area (Å²) in [4.78, 5) is 12.1. The zero-order valence-electron chi connectivity index (χ0n) is 19.0. The Morgan fingerprint density at radius 1 is 1.11 bits per heavy atom. The largest absolute Gasteiger partial charge is 0.466 e. The maximum Gasteiger partial charge on any atom is 0.305 e. The van der Waals surface area contributed by atoms with Crippen LogP contribution in [0.3, 0.4) is 0 Å². The maximum atomic E-state index is 12.1. The van der Waals surface area contributed by atoms with E-state index in [1.54, 1.807) is 0 Å². The first kappa shape index (κ1) is 21.9. The Balaban J connectivity index is 1.72. The quantitative estimate of drug-likeness (QED) is 0.368. The average molecular weight is 389 g/mol. The van der Waals surface area contributed by atoms with Gasteiger partial charge in [-0.2, -0.15) is 0 Å². The third-order valence-corrected chi connectivity index (χ3v) is 8.75. The van der Waals surface area contributed by atoms with Gasteiger partial charge in [-0.05, 0) is 85.9 Å². The summed E-state index contributed by atoms with van der Waals surface area (Å²) in [6.45, 7) is 14.9. The van der Waals surface area contributed by atoms with Gasteiger partial charge in [-0.15, -0.1) is 0 Å². The highest BCUT2D eigenvalue weighted by Gasteiger charge is 2.54. The average Bonchev–Trinajstić information content (AvgIpc) is 2.99. The SMILES string of the molecule is C=C1CCCOC(=O)CC[C@@H]2[C@@H]1CC[C@]1(C)[C@@H]([C@H](C)CCCC(C)C)CC[C@@H]21. The number of hydrogen-bond acceptors (Lipinski definition) is 2. The van der Waals surface area contributed by atoms with Gasteiger partial charge in [-0.1, -0.05) is 59.1 Å². The highest BCUT2D eigenvalue weighted by Crippen LogP contribution is 2.63. The van der Waals surface area contributed by atoms with Gasteiger partial charge in [0.2, 0.25) is 0 Å². The van der Waals surface area contributed by atoms with E-state index in [2.05, 4.69) is 34.3 Å². The lowest BCUT2D eigenvalue weighted by atomic mass is 9.54. The molecule has 3 aliphatic rings. The Morgan fingerprint density at radius 3 is 2.64 bits per heavy atom. The van der Waals surface area contributed by atoms with E-state index in [0.29, 0.717) is 30.3 Å². The van der Waals surface area contributed by atoms with E-state index in [1.165, 1.54) is 50.5 Å². The monoisotopic (exact) mass is 388 g/mol. The fraction of sp³-hybridized carbons (Fsp3) is 0.885. The molecule has 6 atom stereocenters. The van der Waals surface area contributed by atoms with Crippen molar-refractivity contribution >= 4 is 5.97 Å². The zero-order chi connectivity index (χ0) is 20.3. The van der Waals surface area contributed by atoms with Crippen molar-refractivity contribution in [3.63, 3.8) is 0 Å². The van der Waals surface area contributed by atoms with Crippen LogP contribution in [-0.4, -0.2) is 12.6 Å². The topological polar surface area (TPSA) is 26.3 Å². The Labute approximate surface area is 173 Å². The predicted molar refractivity (Wildman–Crippen MR) is 117 cm³/mol. The second-order valence-electron chi connectivity index (χ2n) is 10.9. The molecule has 2 saturated carbocycles. The molecule has 0 N–H and O–H groups in total. The van der Waals surface area contributed by atoms with Gasteiger partial charge in [-0.25, -0.2) is 0 Å². The minimum atomic E-state index is 0.0233. The predicted octanol–water partition coefficient (Wildman–Crippen LogP) is 7.18. The van der Waals surface area contributed by atoms with Crippen LogP contribution >= 0.6 is 0 Å². The molecule has 0 aromatic heterocycles. The second-order valence-corrected chi connectivity index (χ2v) is 10.9. The highest BCUT2D eigenvalue weighted by molar-refractivity contribution is 5.69. The van der Waals surface area contributed by atoms with Crippen molar-refractivity contribution in [1.82, 2.24) is 0 Å². The van der Waals surface area contributed by atoms with Crippen molar-refractivity contribution < 1.29 is 9.53 Å². The molecule has 1 aliphatic heterocycles. The fourth-order valence-corrected chi connectivity index (χ4v) is 7.25. The van der Waals surface area contributed by atoms with Crippen LogP contribution in [-0.2, 0) is 9.53 Å². The summed E-state index contributed by atoms with van der Waals surface area (Å²) in [7, 11) is 0. The van der Waals surface area contributed by atoms with E-state index >= 15 is 0 Å². The van der Waals surface area contributed by atoms with Crippen LogP contribution in [0.5, 0.6) is 0 Å². The molecule has 0 amide bonds. The van der Waals surface area contributed by atoms with Crippen molar-refractivity contribution in [3.8, 4) is 0 Å². The molecule has 2 heteroatoms. The molecular weight excluding hydrogens is 344 g/mol. The van der Waals surface area contributed by atoms with Gasteiger partial charge < -0.3 is 4.74 Å². The molecule has 3 rings (SSSR count). The summed E-state index contributed by atoms with van der Waals surface area (Å²) in [6, 6.07) is 0. The molecule has 0 aromatic carbocycles.